The zero-order valence-corrected chi connectivity index (χ0v) is 14.8. The maximum absolute atomic E-state index is 12.0. The minimum Gasteiger partial charge on any atom is -0.482 e. The van der Waals surface area contributed by atoms with Gasteiger partial charge in [-0.3, -0.25) is 4.79 Å². The molecule has 7 heteroatoms. The van der Waals surface area contributed by atoms with Gasteiger partial charge in [-0.2, -0.15) is 0 Å². The standard InChI is InChI=1S/C19H21NO6/c1-4-20(10-13(2)3)17(21)11-25-19(23)12-24-15-7-5-14-6-8-18(22)26-16(14)9-15/h5-9H,2,4,10-12H2,1,3H3. The summed E-state index contributed by atoms with van der Waals surface area (Å²) in [4.78, 5) is 36.5. The molecule has 0 aliphatic carbocycles. The summed E-state index contributed by atoms with van der Waals surface area (Å²) in [7, 11) is 0. The highest BCUT2D eigenvalue weighted by molar-refractivity contribution is 5.81. The summed E-state index contributed by atoms with van der Waals surface area (Å²) in [6, 6.07) is 7.83. The van der Waals surface area contributed by atoms with Crippen LogP contribution in [0.1, 0.15) is 13.8 Å². The molecule has 0 saturated heterocycles. The normalized spacial score (nSPS) is 10.4. The van der Waals surface area contributed by atoms with Crippen LogP contribution in [0.2, 0.25) is 0 Å². The summed E-state index contributed by atoms with van der Waals surface area (Å²) < 4.78 is 15.3. The Balaban J connectivity index is 1.85. The van der Waals surface area contributed by atoms with Crippen molar-refractivity contribution < 1.29 is 23.5 Å². The number of hydrogen-bond donors (Lipinski definition) is 0. The number of esters is 1. The molecule has 0 unspecified atom stereocenters. The number of likely N-dealkylation sites (N-methyl/N-ethyl adjacent to an activating group) is 1. The van der Waals surface area contributed by atoms with Gasteiger partial charge in [0.2, 0.25) is 0 Å². The number of carbonyl (C=O) groups excluding carboxylic acids is 2. The van der Waals surface area contributed by atoms with E-state index >= 15 is 0 Å². The first-order valence-electron chi connectivity index (χ1n) is 8.13. The summed E-state index contributed by atoms with van der Waals surface area (Å²) in [5.74, 6) is -0.608. The molecule has 7 nitrogen and oxygen atoms in total. The maximum atomic E-state index is 12.0. The van der Waals surface area contributed by atoms with Crippen molar-refractivity contribution in [2.75, 3.05) is 26.3 Å². The lowest BCUT2D eigenvalue weighted by atomic mass is 10.2. The third kappa shape index (κ3) is 5.47. The first kappa shape index (κ1) is 19.2. The molecule has 1 aromatic heterocycles. The molecule has 138 valence electrons. The van der Waals surface area contributed by atoms with E-state index in [2.05, 4.69) is 6.58 Å². The summed E-state index contributed by atoms with van der Waals surface area (Å²) in [6.07, 6.45) is 0. The first-order chi connectivity index (χ1) is 12.4. The molecule has 2 aromatic rings. The van der Waals surface area contributed by atoms with Crippen molar-refractivity contribution in [3.05, 3.63) is 52.9 Å². The van der Waals surface area contributed by atoms with E-state index in [1.807, 2.05) is 13.8 Å². The molecule has 1 heterocycles. The zero-order valence-electron chi connectivity index (χ0n) is 14.8. The van der Waals surface area contributed by atoms with Crippen LogP contribution in [0, 0.1) is 0 Å². The van der Waals surface area contributed by atoms with Crippen molar-refractivity contribution >= 4 is 22.8 Å². The van der Waals surface area contributed by atoms with Gasteiger partial charge >= 0.3 is 11.6 Å². The van der Waals surface area contributed by atoms with Gasteiger partial charge in [0.15, 0.2) is 13.2 Å². The van der Waals surface area contributed by atoms with Crippen molar-refractivity contribution in [1.82, 2.24) is 4.90 Å². The highest BCUT2D eigenvalue weighted by atomic mass is 16.6. The topological polar surface area (TPSA) is 86.0 Å². The molecular formula is C19H21NO6. The molecule has 0 bridgehead atoms. The largest absolute Gasteiger partial charge is 0.482 e. The number of benzene rings is 1. The SMILES string of the molecule is C=C(C)CN(CC)C(=O)COC(=O)COc1ccc2ccc(=O)oc2c1. The second-order valence-electron chi connectivity index (χ2n) is 5.77. The molecule has 0 aliphatic rings. The van der Waals surface area contributed by atoms with Gasteiger partial charge in [0.1, 0.15) is 11.3 Å². The van der Waals surface area contributed by atoms with Crippen molar-refractivity contribution in [3.8, 4) is 5.75 Å². The van der Waals surface area contributed by atoms with Crippen molar-refractivity contribution in [2.24, 2.45) is 0 Å². The monoisotopic (exact) mass is 359 g/mol. The van der Waals surface area contributed by atoms with Crippen LogP contribution in [0.3, 0.4) is 0 Å². The lowest BCUT2D eigenvalue weighted by Gasteiger charge is -2.20. The van der Waals surface area contributed by atoms with E-state index in [-0.39, 0.29) is 19.1 Å². The quantitative estimate of drug-likeness (QED) is 0.408. The minimum atomic E-state index is -0.667. The third-order valence-electron chi connectivity index (χ3n) is 3.50. The summed E-state index contributed by atoms with van der Waals surface area (Å²) in [5, 5.41) is 0.738. The number of rotatable bonds is 8. The van der Waals surface area contributed by atoms with Gasteiger partial charge in [0, 0.05) is 30.6 Å². The fourth-order valence-corrected chi connectivity index (χ4v) is 2.25. The molecule has 1 amide bonds. The van der Waals surface area contributed by atoms with E-state index in [0.29, 0.717) is 24.4 Å². The summed E-state index contributed by atoms with van der Waals surface area (Å²) >= 11 is 0. The van der Waals surface area contributed by atoms with Crippen molar-refractivity contribution in [2.45, 2.75) is 13.8 Å². The van der Waals surface area contributed by atoms with Gasteiger partial charge in [-0.25, -0.2) is 9.59 Å². The van der Waals surface area contributed by atoms with Crippen molar-refractivity contribution in [1.29, 1.82) is 0 Å². The Morgan fingerprint density at radius 3 is 2.62 bits per heavy atom. The lowest BCUT2D eigenvalue weighted by molar-refractivity contribution is -0.153. The van der Waals surface area contributed by atoms with E-state index < -0.39 is 11.6 Å². The fourth-order valence-electron chi connectivity index (χ4n) is 2.25. The Kier molecular flexibility index (Phi) is 6.54. The van der Waals surface area contributed by atoms with Crippen LogP contribution in [0.4, 0.5) is 0 Å². The molecule has 0 aliphatic heterocycles. The number of carbonyl (C=O) groups is 2. The molecule has 26 heavy (non-hydrogen) atoms. The van der Waals surface area contributed by atoms with Gasteiger partial charge < -0.3 is 18.8 Å². The lowest BCUT2D eigenvalue weighted by Crippen LogP contribution is -2.36. The van der Waals surface area contributed by atoms with Crippen LogP contribution in [0.15, 0.2) is 51.7 Å². The second-order valence-corrected chi connectivity index (χ2v) is 5.77. The molecule has 0 atom stereocenters. The van der Waals surface area contributed by atoms with E-state index in [1.54, 1.807) is 23.1 Å². The number of ether oxygens (including phenoxy) is 2. The average Bonchev–Trinajstić information content (AvgIpc) is 2.61. The number of fused-ring (bicyclic) bond motifs is 1. The van der Waals surface area contributed by atoms with E-state index in [1.165, 1.54) is 12.1 Å². The smallest absolute Gasteiger partial charge is 0.344 e. The Labute approximate surface area is 150 Å². The second kappa shape index (κ2) is 8.84. The number of nitrogens with zero attached hydrogens (tertiary/aromatic N) is 1. The summed E-state index contributed by atoms with van der Waals surface area (Å²) in [6.45, 7) is 7.63. The van der Waals surface area contributed by atoms with Gasteiger partial charge in [-0.1, -0.05) is 12.2 Å². The Hall–Kier alpha value is -3.09. The van der Waals surface area contributed by atoms with Crippen LogP contribution in [-0.2, 0) is 14.3 Å². The van der Waals surface area contributed by atoms with E-state index in [0.717, 1.165) is 11.0 Å². The molecule has 1 aromatic carbocycles. The Morgan fingerprint density at radius 1 is 1.19 bits per heavy atom. The van der Waals surface area contributed by atoms with Gasteiger partial charge in [0.25, 0.3) is 5.91 Å². The van der Waals surface area contributed by atoms with Crippen molar-refractivity contribution in [3.63, 3.8) is 0 Å². The fraction of sp³-hybridized carbons (Fsp3) is 0.316. The third-order valence-corrected chi connectivity index (χ3v) is 3.50. The Bertz CT molecular complexity index is 870. The maximum Gasteiger partial charge on any atom is 0.344 e. The van der Waals surface area contributed by atoms with E-state index in [9.17, 15) is 14.4 Å². The molecule has 0 saturated carbocycles. The predicted molar refractivity (Wildman–Crippen MR) is 96.0 cm³/mol. The molecule has 0 N–H and O–H groups in total. The first-order valence-corrected chi connectivity index (χ1v) is 8.13. The van der Waals surface area contributed by atoms with Crippen LogP contribution >= 0.6 is 0 Å². The van der Waals surface area contributed by atoms with Gasteiger partial charge in [-0.05, 0) is 32.0 Å². The van der Waals surface area contributed by atoms with E-state index in [4.69, 9.17) is 13.9 Å². The van der Waals surface area contributed by atoms with Crippen LogP contribution < -0.4 is 10.4 Å². The summed E-state index contributed by atoms with van der Waals surface area (Å²) in [5.41, 5.74) is 0.734. The number of hydrogen-bond acceptors (Lipinski definition) is 6. The van der Waals surface area contributed by atoms with Crippen LogP contribution in [-0.4, -0.2) is 43.1 Å². The molecular weight excluding hydrogens is 338 g/mol. The highest BCUT2D eigenvalue weighted by Gasteiger charge is 2.14. The molecule has 0 spiro atoms. The minimum absolute atomic E-state index is 0.295. The zero-order chi connectivity index (χ0) is 19.1. The van der Waals surface area contributed by atoms with Gasteiger partial charge in [0.05, 0.1) is 0 Å². The van der Waals surface area contributed by atoms with Crippen LogP contribution in [0.25, 0.3) is 11.0 Å². The van der Waals surface area contributed by atoms with Crippen LogP contribution in [0.5, 0.6) is 5.75 Å². The predicted octanol–water partition coefficient (Wildman–Crippen LogP) is 2.14. The molecule has 0 fully saturated rings. The molecule has 0 radical (unpaired) electrons. The van der Waals surface area contributed by atoms with Gasteiger partial charge in [-0.15, -0.1) is 0 Å². The Morgan fingerprint density at radius 2 is 1.92 bits per heavy atom. The average molecular weight is 359 g/mol. The molecule has 2 rings (SSSR count). The number of amides is 1. The highest BCUT2D eigenvalue weighted by Crippen LogP contribution is 2.19.